The number of urea groups is 1. The Labute approximate surface area is 173 Å². The highest BCUT2D eigenvalue weighted by Gasteiger charge is 2.39. The van der Waals surface area contributed by atoms with E-state index in [-0.39, 0.29) is 11.7 Å². The minimum absolute atomic E-state index is 0.116. The van der Waals surface area contributed by atoms with Gasteiger partial charge in [-0.2, -0.15) is 0 Å². The number of carbonyl (C=O) groups is 2. The van der Waals surface area contributed by atoms with Crippen molar-refractivity contribution in [2.24, 2.45) is 0 Å². The number of nitro groups is 1. The van der Waals surface area contributed by atoms with Crippen LogP contribution in [0.2, 0.25) is 0 Å². The molecule has 0 spiro atoms. The molecule has 3 rings (SSSR count). The molecule has 1 atom stereocenters. The number of ether oxygens (including phenoxy) is 1. The number of benzene rings is 2. The first-order chi connectivity index (χ1) is 14.3. The Morgan fingerprint density at radius 2 is 1.87 bits per heavy atom. The maximum Gasteiger partial charge on any atom is 0.324 e. The zero-order chi connectivity index (χ0) is 22.0. The van der Waals surface area contributed by atoms with Crippen LogP contribution in [0.3, 0.4) is 0 Å². The van der Waals surface area contributed by atoms with Crippen molar-refractivity contribution in [1.82, 2.24) is 9.80 Å². The lowest BCUT2D eigenvalue weighted by atomic mass is 9.92. The lowest BCUT2D eigenvalue weighted by Crippen LogP contribution is -2.47. The quantitative estimate of drug-likeness (QED) is 0.599. The average Bonchev–Trinajstić information content (AvgIpc) is 2.74. The Kier molecular flexibility index (Phi) is 5.72. The van der Waals surface area contributed by atoms with E-state index in [9.17, 15) is 19.7 Å². The minimum atomic E-state index is -0.789. The summed E-state index contributed by atoms with van der Waals surface area (Å²) in [5.41, 5.74) is 1.60. The fourth-order valence-electron chi connectivity index (χ4n) is 3.49. The van der Waals surface area contributed by atoms with E-state index < -0.39 is 16.9 Å². The molecule has 1 N–H and O–H groups in total. The van der Waals surface area contributed by atoms with Gasteiger partial charge in [0.15, 0.2) is 0 Å². The average molecular weight is 410 g/mol. The third-order valence-corrected chi connectivity index (χ3v) is 5.14. The van der Waals surface area contributed by atoms with Gasteiger partial charge < -0.3 is 19.9 Å². The van der Waals surface area contributed by atoms with Gasteiger partial charge in [0.1, 0.15) is 5.75 Å². The number of carbonyl (C=O) groups excluding carboxylic acids is 2. The lowest BCUT2D eigenvalue weighted by Gasteiger charge is -2.39. The van der Waals surface area contributed by atoms with Crippen LogP contribution in [0, 0.1) is 10.1 Å². The number of rotatable bonds is 5. The Bertz CT molecular complexity index is 1050. The van der Waals surface area contributed by atoms with Crippen LogP contribution in [-0.4, -0.2) is 47.9 Å². The summed E-state index contributed by atoms with van der Waals surface area (Å²) in [6, 6.07) is 11.8. The van der Waals surface area contributed by atoms with Crippen molar-refractivity contribution < 1.29 is 19.2 Å². The number of nitrogens with one attached hydrogen (secondary N) is 1. The number of anilines is 1. The number of likely N-dealkylation sites (N-methyl/N-ethyl adjacent to an activating group) is 1. The fraction of sp³-hybridized carbons (Fsp3) is 0.238. The Balaban J connectivity index is 2.09. The number of allylic oxidation sites excluding steroid dienone is 1. The molecule has 1 aliphatic heterocycles. The first-order valence-electron chi connectivity index (χ1n) is 9.16. The highest BCUT2D eigenvalue weighted by molar-refractivity contribution is 6.07. The molecule has 9 nitrogen and oxygen atoms in total. The molecule has 0 saturated heterocycles. The summed E-state index contributed by atoms with van der Waals surface area (Å²) in [5, 5.41) is 14.1. The SMILES string of the molecule is COc1ccccc1NC(=O)C1=C(C)N(C)C(=O)N(C)[C@H]1c1cccc([N+](=O)[O-])c1. The molecule has 2 aromatic rings. The molecule has 1 heterocycles. The molecule has 0 saturated carbocycles. The summed E-state index contributed by atoms with van der Waals surface area (Å²) >= 11 is 0. The van der Waals surface area contributed by atoms with Crippen molar-refractivity contribution in [2.75, 3.05) is 26.5 Å². The van der Waals surface area contributed by atoms with E-state index in [0.29, 0.717) is 28.3 Å². The molecule has 1 aliphatic rings. The highest BCUT2D eigenvalue weighted by atomic mass is 16.6. The summed E-state index contributed by atoms with van der Waals surface area (Å²) < 4.78 is 5.29. The number of para-hydroxylation sites is 2. The molecule has 9 heteroatoms. The van der Waals surface area contributed by atoms with E-state index in [4.69, 9.17) is 4.74 Å². The normalized spacial score (nSPS) is 16.5. The van der Waals surface area contributed by atoms with Crippen LogP contribution >= 0.6 is 0 Å². The molecule has 0 aromatic heterocycles. The molecular weight excluding hydrogens is 388 g/mol. The van der Waals surface area contributed by atoms with Gasteiger partial charge in [-0.3, -0.25) is 14.9 Å². The number of amides is 3. The van der Waals surface area contributed by atoms with Crippen LogP contribution in [-0.2, 0) is 4.79 Å². The fourth-order valence-corrected chi connectivity index (χ4v) is 3.49. The zero-order valence-corrected chi connectivity index (χ0v) is 17.1. The van der Waals surface area contributed by atoms with Gasteiger partial charge in [-0.1, -0.05) is 24.3 Å². The van der Waals surface area contributed by atoms with E-state index in [1.165, 1.54) is 35.1 Å². The van der Waals surface area contributed by atoms with E-state index >= 15 is 0 Å². The Morgan fingerprint density at radius 1 is 1.17 bits per heavy atom. The topological polar surface area (TPSA) is 105 Å². The molecule has 0 aliphatic carbocycles. The second-order valence-corrected chi connectivity index (χ2v) is 6.86. The molecule has 30 heavy (non-hydrogen) atoms. The smallest absolute Gasteiger partial charge is 0.324 e. The maximum absolute atomic E-state index is 13.3. The number of non-ortho nitro benzene ring substituents is 1. The van der Waals surface area contributed by atoms with Gasteiger partial charge in [0.2, 0.25) is 0 Å². The standard InChI is InChI=1S/C21H22N4O5/c1-13-18(20(26)22-16-10-5-6-11-17(16)30-4)19(24(3)21(27)23(13)2)14-8-7-9-15(12-14)25(28)29/h5-12,19H,1-4H3,(H,22,26)/t19-/m0/s1. The van der Waals surface area contributed by atoms with Gasteiger partial charge in [0.25, 0.3) is 11.6 Å². The van der Waals surface area contributed by atoms with E-state index in [1.54, 1.807) is 51.4 Å². The van der Waals surface area contributed by atoms with Crippen molar-refractivity contribution in [3.8, 4) is 5.75 Å². The summed E-state index contributed by atoms with van der Waals surface area (Å²) in [4.78, 5) is 39.5. The van der Waals surface area contributed by atoms with Crippen LogP contribution in [0.5, 0.6) is 5.75 Å². The molecule has 0 fully saturated rings. The Morgan fingerprint density at radius 3 is 2.53 bits per heavy atom. The molecule has 0 bridgehead atoms. The number of nitro benzene ring substituents is 1. The van der Waals surface area contributed by atoms with Gasteiger partial charge >= 0.3 is 6.03 Å². The van der Waals surface area contributed by atoms with E-state index in [0.717, 1.165) is 0 Å². The van der Waals surface area contributed by atoms with Crippen LogP contribution in [0.15, 0.2) is 59.8 Å². The first kappa shape index (κ1) is 20.8. The zero-order valence-electron chi connectivity index (χ0n) is 17.1. The van der Waals surface area contributed by atoms with Crippen LogP contribution in [0.1, 0.15) is 18.5 Å². The van der Waals surface area contributed by atoms with Crippen LogP contribution in [0.4, 0.5) is 16.2 Å². The number of hydrogen-bond donors (Lipinski definition) is 1. The first-order valence-corrected chi connectivity index (χ1v) is 9.16. The van der Waals surface area contributed by atoms with E-state index in [2.05, 4.69) is 5.32 Å². The van der Waals surface area contributed by atoms with Crippen molar-refractivity contribution in [2.45, 2.75) is 13.0 Å². The largest absolute Gasteiger partial charge is 0.495 e. The number of methoxy groups -OCH3 is 1. The lowest BCUT2D eigenvalue weighted by molar-refractivity contribution is -0.384. The highest BCUT2D eigenvalue weighted by Crippen LogP contribution is 2.37. The maximum atomic E-state index is 13.3. The van der Waals surface area contributed by atoms with Crippen molar-refractivity contribution >= 4 is 23.3 Å². The second-order valence-electron chi connectivity index (χ2n) is 6.86. The molecule has 0 unspecified atom stereocenters. The van der Waals surface area contributed by atoms with E-state index in [1.807, 2.05) is 0 Å². The molecule has 2 aromatic carbocycles. The summed E-state index contributed by atoms with van der Waals surface area (Å²) in [7, 11) is 4.64. The van der Waals surface area contributed by atoms with Crippen LogP contribution < -0.4 is 10.1 Å². The second kappa shape index (κ2) is 8.24. The minimum Gasteiger partial charge on any atom is -0.495 e. The molecule has 3 amide bonds. The molecule has 0 radical (unpaired) electrons. The summed E-state index contributed by atoms with van der Waals surface area (Å²) in [5.74, 6) is 0.0595. The molecular formula is C21H22N4O5. The Hall–Kier alpha value is -3.88. The van der Waals surface area contributed by atoms with Crippen molar-refractivity contribution in [1.29, 1.82) is 0 Å². The predicted octanol–water partition coefficient (Wildman–Crippen LogP) is 3.55. The van der Waals surface area contributed by atoms with Gasteiger partial charge in [-0.15, -0.1) is 0 Å². The van der Waals surface area contributed by atoms with Crippen molar-refractivity contribution in [3.05, 3.63) is 75.5 Å². The van der Waals surface area contributed by atoms with Crippen molar-refractivity contribution in [3.63, 3.8) is 0 Å². The summed E-state index contributed by atoms with van der Waals surface area (Å²) in [6.45, 7) is 1.67. The van der Waals surface area contributed by atoms with Gasteiger partial charge in [-0.05, 0) is 24.6 Å². The third-order valence-electron chi connectivity index (χ3n) is 5.14. The molecule has 156 valence electrons. The predicted molar refractivity (Wildman–Crippen MR) is 111 cm³/mol. The number of nitrogens with zero attached hydrogens (tertiary/aromatic N) is 3. The monoisotopic (exact) mass is 410 g/mol. The van der Waals surface area contributed by atoms with Gasteiger partial charge in [-0.25, -0.2) is 4.79 Å². The third kappa shape index (κ3) is 3.69. The van der Waals surface area contributed by atoms with Gasteiger partial charge in [0, 0.05) is 31.9 Å². The summed E-state index contributed by atoms with van der Waals surface area (Å²) in [6.07, 6.45) is 0. The number of hydrogen-bond acceptors (Lipinski definition) is 5. The van der Waals surface area contributed by atoms with Gasteiger partial charge in [0.05, 0.1) is 29.3 Å². The van der Waals surface area contributed by atoms with Crippen LogP contribution in [0.25, 0.3) is 0 Å².